The van der Waals surface area contributed by atoms with Gasteiger partial charge in [-0.15, -0.1) is 0 Å². The number of hydrogen-bond donors (Lipinski definition) is 1. The van der Waals surface area contributed by atoms with Crippen LogP contribution in [0.25, 0.3) is 10.8 Å². The predicted octanol–water partition coefficient (Wildman–Crippen LogP) is 2.72. The van der Waals surface area contributed by atoms with E-state index in [1.807, 2.05) is 26.0 Å². The highest BCUT2D eigenvalue weighted by Gasteiger charge is 2.16. The number of nitrogens with zero attached hydrogens (tertiary/aromatic N) is 2. The van der Waals surface area contributed by atoms with E-state index in [9.17, 15) is 9.59 Å². The molecule has 22 heavy (non-hydrogen) atoms. The van der Waals surface area contributed by atoms with E-state index in [-0.39, 0.29) is 17.5 Å². The number of aromatic nitrogens is 2. The summed E-state index contributed by atoms with van der Waals surface area (Å²) in [5, 5.41) is 8.32. The van der Waals surface area contributed by atoms with Gasteiger partial charge in [-0.05, 0) is 26.3 Å². The van der Waals surface area contributed by atoms with Gasteiger partial charge in [0.15, 0.2) is 5.69 Å². The SMILES string of the molecule is CCCCCn1nc(C(=O)NC(C)C)c2ccccc2c1=O. The average molecular weight is 301 g/mol. The van der Waals surface area contributed by atoms with Gasteiger partial charge in [0, 0.05) is 18.0 Å². The van der Waals surface area contributed by atoms with Crippen molar-refractivity contribution in [3.63, 3.8) is 0 Å². The smallest absolute Gasteiger partial charge is 0.274 e. The highest BCUT2D eigenvalue weighted by Crippen LogP contribution is 2.13. The van der Waals surface area contributed by atoms with E-state index in [1.165, 1.54) is 4.68 Å². The lowest BCUT2D eigenvalue weighted by atomic mass is 10.1. The summed E-state index contributed by atoms with van der Waals surface area (Å²) in [4.78, 5) is 24.9. The number of unbranched alkanes of at least 4 members (excludes halogenated alkanes) is 2. The van der Waals surface area contributed by atoms with Gasteiger partial charge in [-0.3, -0.25) is 9.59 Å². The molecule has 0 fully saturated rings. The van der Waals surface area contributed by atoms with Crippen molar-refractivity contribution in [2.75, 3.05) is 0 Å². The Kier molecular flexibility index (Phi) is 5.31. The van der Waals surface area contributed by atoms with Crippen LogP contribution in [0, 0.1) is 0 Å². The third-order valence-corrected chi connectivity index (χ3v) is 3.48. The van der Waals surface area contributed by atoms with Gasteiger partial charge in [0.1, 0.15) is 0 Å². The summed E-state index contributed by atoms with van der Waals surface area (Å²) in [6.45, 7) is 6.45. The van der Waals surface area contributed by atoms with Crippen molar-refractivity contribution in [2.45, 2.75) is 52.6 Å². The van der Waals surface area contributed by atoms with E-state index >= 15 is 0 Å². The molecule has 0 aliphatic heterocycles. The monoisotopic (exact) mass is 301 g/mol. The fourth-order valence-corrected chi connectivity index (χ4v) is 2.40. The third kappa shape index (κ3) is 3.53. The number of amides is 1. The molecule has 0 saturated carbocycles. The van der Waals surface area contributed by atoms with Gasteiger partial charge < -0.3 is 5.32 Å². The Hall–Kier alpha value is -2.17. The molecule has 1 N–H and O–H groups in total. The average Bonchev–Trinajstić information content (AvgIpc) is 2.49. The fraction of sp³-hybridized carbons (Fsp3) is 0.471. The minimum atomic E-state index is -0.240. The minimum Gasteiger partial charge on any atom is -0.348 e. The fourth-order valence-electron chi connectivity index (χ4n) is 2.40. The molecule has 1 amide bonds. The molecule has 1 aromatic heterocycles. The Morgan fingerprint density at radius 2 is 1.91 bits per heavy atom. The van der Waals surface area contributed by atoms with Crippen LogP contribution >= 0.6 is 0 Å². The largest absolute Gasteiger partial charge is 0.348 e. The second-order valence-electron chi connectivity index (χ2n) is 5.76. The van der Waals surface area contributed by atoms with Crippen molar-refractivity contribution in [1.29, 1.82) is 0 Å². The molecule has 5 nitrogen and oxygen atoms in total. The van der Waals surface area contributed by atoms with E-state index < -0.39 is 0 Å². The summed E-state index contributed by atoms with van der Waals surface area (Å²) in [7, 11) is 0. The lowest BCUT2D eigenvalue weighted by molar-refractivity contribution is 0.0937. The van der Waals surface area contributed by atoms with Crippen LogP contribution in [0.1, 0.15) is 50.5 Å². The van der Waals surface area contributed by atoms with Crippen LogP contribution in [0.15, 0.2) is 29.1 Å². The molecular weight excluding hydrogens is 278 g/mol. The zero-order valence-electron chi connectivity index (χ0n) is 13.4. The molecule has 2 aromatic rings. The zero-order valence-corrected chi connectivity index (χ0v) is 13.4. The number of rotatable bonds is 6. The Labute approximate surface area is 130 Å². The van der Waals surface area contributed by atoms with Crippen molar-refractivity contribution >= 4 is 16.7 Å². The third-order valence-electron chi connectivity index (χ3n) is 3.48. The van der Waals surface area contributed by atoms with Crippen LogP contribution in [0.4, 0.5) is 0 Å². The van der Waals surface area contributed by atoms with Gasteiger partial charge in [0.2, 0.25) is 0 Å². The molecule has 2 rings (SSSR count). The molecule has 0 bridgehead atoms. The molecular formula is C17H23N3O2. The first-order chi connectivity index (χ1) is 10.5. The van der Waals surface area contributed by atoms with Gasteiger partial charge in [-0.2, -0.15) is 5.10 Å². The van der Waals surface area contributed by atoms with E-state index in [1.54, 1.807) is 12.1 Å². The van der Waals surface area contributed by atoms with Crippen LogP contribution in [0.5, 0.6) is 0 Å². The van der Waals surface area contributed by atoms with Crippen molar-refractivity contribution in [1.82, 2.24) is 15.1 Å². The van der Waals surface area contributed by atoms with Crippen molar-refractivity contribution in [2.24, 2.45) is 0 Å². The first-order valence-corrected chi connectivity index (χ1v) is 7.85. The van der Waals surface area contributed by atoms with E-state index in [4.69, 9.17) is 0 Å². The van der Waals surface area contributed by atoms with Crippen molar-refractivity contribution in [3.05, 3.63) is 40.3 Å². The summed E-state index contributed by atoms with van der Waals surface area (Å²) >= 11 is 0. The molecule has 0 radical (unpaired) electrons. The second kappa shape index (κ2) is 7.20. The van der Waals surface area contributed by atoms with Crippen molar-refractivity contribution < 1.29 is 4.79 Å². The normalized spacial score (nSPS) is 11.1. The van der Waals surface area contributed by atoms with E-state index in [0.717, 1.165) is 19.3 Å². The molecule has 0 unspecified atom stereocenters. The zero-order chi connectivity index (χ0) is 16.1. The van der Waals surface area contributed by atoms with Crippen LogP contribution in [-0.2, 0) is 6.54 Å². The Bertz CT molecular complexity index is 719. The first-order valence-electron chi connectivity index (χ1n) is 7.85. The number of nitrogens with one attached hydrogen (secondary N) is 1. The molecule has 1 heterocycles. The van der Waals surface area contributed by atoms with Gasteiger partial charge in [-0.25, -0.2) is 4.68 Å². The van der Waals surface area contributed by atoms with Crippen LogP contribution in [0.2, 0.25) is 0 Å². The lowest BCUT2D eigenvalue weighted by Crippen LogP contribution is -2.34. The van der Waals surface area contributed by atoms with E-state index in [0.29, 0.717) is 23.0 Å². The quantitative estimate of drug-likeness (QED) is 0.834. The maximum absolute atomic E-state index is 12.5. The molecule has 5 heteroatoms. The molecule has 0 aliphatic carbocycles. The number of fused-ring (bicyclic) bond motifs is 1. The van der Waals surface area contributed by atoms with Gasteiger partial charge in [-0.1, -0.05) is 38.0 Å². The summed E-state index contributed by atoms with van der Waals surface area (Å²) in [6.07, 6.45) is 2.99. The lowest BCUT2D eigenvalue weighted by Gasteiger charge is -2.12. The van der Waals surface area contributed by atoms with Crippen LogP contribution < -0.4 is 10.9 Å². The Balaban J connectivity index is 2.51. The number of carbonyl (C=O) groups is 1. The molecule has 0 aliphatic rings. The van der Waals surface area contributed by atoms with Gasteiger partial charge >= 0.3 is 0 Å². The maximum atomic E-state index is 12.5. The molecule has 0 atom stereocenters. The van der Waals surface area contributed by atoms with E-state index in [2.05, 4.69) is 17.3 Å². The molecule has 1 aromatic carbocycles. The van der Waals surface area contributed by atoms with Gasteiger partial charge in [0.05, 0.1) is 5.39 Å². The Morgan fingerprint density at radius 3 is 2.55 bits per heavy atom. The first kappa shape index (κ1) is 16.2. The summed E-state index contributed by atoms with van der Waals surface area (Å²) in [5.41, 5.74) is 0.188. The topological polar surface area (TPSA) is 64.0 Å². The molecule has 0 saturated heterocycles. The van der Waals surface area contributed by atoms with Gasteiger partial charge in [0.25, 0.3) is 11.5 Å². The number of carbonyl (C=O) groups excluding carboxylic acids is 1. The highest BCUT2D eigenvalue weighted by molar-refractivity contribution is 6.04. The second-order valence-corrected chi connectivity index (χ2v) is 5.76. The summed E-state index contributed by atoms with van der Waals surface area (Å²) in [6, 6.07) is 7.17. The maximum Gasteiger partial charge on any atom is 0.274 e. The highest BCUT2D eigenvalue weighted by atomic mass is 16.2. The Morgan fingerprint density at radius 1 is 1.23 bits per heavy atom. The van der Waals surface area contributed by atoms with Crippen LogP contribution in [-0.4, -0.2) is 21.7 Å². The van der Waals surface area contributed by atoms with Crippen molar-refractivity contribution in [3.8, 4) is 0 Å². The summed E-state index contributed by atoms with van der Waals surface area (Å²) in [5.74, 6) is -0.240. The number of benzene rings is 1. The standard InChI is InChI=1S/C17H23N3O2/c1-4-5-8-11-20-17(22)14-10-7-6-9-13(14)15(19-20)16(21)18-12(2)3/h6-7,9-10,12H,4-5,8,11H2,1-3H3,(H,18,21). The van der Waals surface area contributed by atoms with Crippen LogP contribution in [0.3, 0.4) is 0 Å². The number of aryl methyl sites for hydroxylation is 1. The molecule has 0 spiro atoms. The minimum absolute atomic E-state index is 0.0218. The summed E-state index contributed by atoms with van der Waals surface area (Å²) < 4.78 is 1.42. The predicted molar refractivity (Wildman–Crippen MR) is 88.1 cm³/mol. The molecule has 118 valence electrons. The number of hydrogen-bond acceptors (Lipinski definition) is 3.